The van der Waals surface area contributed by atoms with E-state index in [2.05, 4.69) is 0 Å². The molecular formula is C5H11F2NO2S. The summed E-state index contributed by atoms with van der Waals surface area (Å²) >= 11 is 0. The van der Waals surface area contributed by atoms with E-state index < -0.39 is 21.3 Å². The van der Waals surface area contributed by atoms with Crippen molar-refractivity contribution >= 4 is 10.0 Å². The molecule has 0 atom stereocenters. The zero-order chi connectivity index (χ0) is 9.28. The van der Waals surface area contributed by atoms with Crippen molar-refractivity contribution in [1.29, 1.82) is 0 Å². The Kier molecular flexibility index (Phi) is 2.96. The van der Waals surface area contributed by atoms with E-state index in [9.17, 15) is 17.2 Å². The van der Waals surface area contributed by atoms with E-state index in [0.717, 1.165) is 0 Å². The highest BCUT2D eigenvalue weighted by Crippen LogP contribution is 2.08. The maximum Gasteiger partial charge on any atom is 0.350 e. The van der Waals surface area contributed by atoms with Crippen LogP contribution in [0.25, 0.3) is 0 Å². The molecule has 11 heavy (non-hydrogen) atoms. The SMILES string of the molecule is CC(C)(C)NS(=O)(=O)C(F)F. The van der Waals surface area contributed by atoms with Crippen molar-refractivity contribution in [3.05, 3.63) is 0 Å². The summed E-state index contributed by atoms with van der Waals surface area (Å²) in [4.78, 5) is 0. The van der Waals surface area contributed by atoms with E-state index in [1.54, 1.807) is 0 Å². The van der Waals surface area contributed by atoms with E-state index in [4.69, 9.17) is 0 Å². The van der Waals surface area contributed by atoms with Crippen molar-refractivity contribution in [2.45, 2.75) is 32.1 Å². The Balaban J connectivity index is 4.40. The van der Waals surface area contributed by atoms with Crippen LogP contribution in [0.3, 0.4) is 0 Å². The predicted octanol–water partition coefficient (Wildman–Crippen LogP) is 0.927. The zero-order valence-corrected chi connectivity index (χ0v) is 7.37. The van der Waals surface area contributed by atoms with Crippen LogP contribution in [-0.4, -0.2) is 19.7 Å². The quantitative estimate of drug-likeness (QED) is 0.699. The lowest BCUT2D eigenvalue weighted by Crippen LogP contribution is -2.43. The number of rotatable bonds is 2. The highest BCUT2D eigenvalue weighted by molar-refractivity contribution is 7.89. The first-order chi connectivity index (χ1) is 4.65. The van der Waals surface area contributed by atoms with Gasteiger partial charge in [0.2, 0.25) is 0 Å². The Hall–Kier alpha value is -0.230. The minimum absolute atomic E-state index is 0.852. The van der Waals surface area contributed by atoms with Crippen LogP contribution in [0.1, 0.15) is 20.8 Å². The fourth-order valence-electron chi connectivity index (χ4n) is 0.471. The topological polar surface area (TPSA) is 46.2 Å². The Morgan fingerprint density at radius 2 is 1.64 bits per heavy atom. The summed E-state index contributed by atoms with van der Waals surface area (Å²) in [5.74, 6) is -3.36. The summed E-state index contributed by atoms with van der Waals surface area (Å²) in [5.41, 5.74) is -0.852. The average molecular weight is 187 g/mol. The largest absolute Gasteiger partial charge is 0.350 e. The van der Waals surface area contributed by atoms with Crippen LogP contribution in [0.15, 0.2) is 0 Å². The van der Waals surface area contributed by atoms with E-state index in [-0.39, 0.29) is 0 Å². The lowest BCUT2D eigenvalue weighted by Gasteiger charge is -2.19. The molecule has 0 unspecified atom stereocenters. The lowest BCUT2D eigenvalue weighted by atomic mass is 10.1. The first-order valence-electron chi connectivity index (χ1n) is 2.96. The second kappa shape index (κ2) is 3.02. The van der Waals surface area contributed by atoms with Gasteiger partial charge in [0, 0.05) is 5.54 Å². The fourth-order valence-corrected chi connectivity index (χ4v) is 1.41. The van der Waals surface area contributed by atoms with Crippen LogP contribution in [0, 0.1) is 0 Å². The van der Waals surface area contributed by atoms with Gasteiger partial charge in [-0.05, 0) is 20.8 Å². The highest BCUT2D eigenvalue weighted by atomic mass is 32.2. The summed E-state index contributed by atoms with van der Waals surface area (Å²) in [6, 6.07) is 0. The molecule has 0 heterocycles. The minimum Gasteiger partial charge on any atom is -0.206 e. The Morgan fingerprint density at radius 1 is 1.27 bits per heavy atom. The monoisotopic (exact) mass is 187 g/mol. The molecule has 0 aliphatic heterocycles. The molecule has 0 bridgehead atoms. The molecule has 0 saturated heterocycles. The van der Waals surface area contributed by atoms with Gasteiger partial charge in [-0.15, -0.1) is 0 Å². The summed E-state index contributed by atoms with van der Waals surface area (Å²) in [7, 11) is -4.44. The van der Waals surface area contributed by atoms with Crippen LogP contribution >= 0.6 is 0 Å². The lowest BCUT2D eigenvalue weighted by molar-refractivity contribution is 0.229. The van der Waals surface area contributed by atoms with E-state index in [0.29, 0.717) is 0 Å². The first-order valence-corrected chi connectivity index (χ1v) is 4.51. The molecule has 0 rings (SSSR count). The summed E-state index contributed by atoms with van der Waals surface area (Å²) in [5, 5.41) is 0. The third-order valence-corrected chi connectivity index (χ3v) is 2.05. The van der Waals surface area contributed by atoms with Crippen LogP contribution < -0.4 is 4.72 Å². The number of alkyl halides is 2. The van der Waals surface area contributed by atoms with Crippen molar-refractivity contribution in [2.24, 2.45) is 0 Å². The maximum absolute atomic E-state index is 11.7. The zero-order valence-electron chi connectivity index (χ0n) is 6.56. The molecule has 1 N–H and O–H groups in total. The van der Waals surface area contributed by atoms with Gasteiger partial charge in [-0.2, -0.15) is 8.78 Å². The van der Waals surface area contributed by atoms with Crippen LogP contribution in [-0.2, 0) is 10.0 Å². The van der Waals surface area contributed by atoms with Crippen molar-refractivity contribution in [1.82, 2.24) is 4.72 Å². The molecule has 0 aliphatic rings. The van der Waals surface area contributed by atoms with Crippen molar-refractivity contribution in [3.63, 3.8) is 0 Å². The van der Waals surface area contributed by atoms with Gasteiger partial charge in [0.05, 0.1) is 0 Å². The van der Waals surface area contributed by atoms with Gasteiger partial charge in [0.15, 0.2) is 0 Å². The third-order valence-electron chi connectivity index (χ3n) is 0.683. The molecule has 0 aromatic carbocycles. The third kappa shape index (κ3) is 4.26. The van der Waals surface area contributed by atoms with Gasteiger partial charge in [-0.3, -0.25) is 0 Å². The van der Waals surface area contributed by atoms with Gasteiger partial charge >= 0.3 is 5.76 Å². The van der Waals surface area contributed by atoms with Gasteiger partial charge < -0.3 is 0 Å². The van der Waals surface area contributed by atoms with Crippen LogP contribution in [0.5, 0.6) is 0 Å². The highest BCUT2D eigenvalue weighted by Gasteiger charge is 2.28. The second-order valence-corrected chi connectivity index (χ2v) is 4.81. The van der Waals surface area contributed by atoms with Crippen molar-refractivity contribution < 1.29 is 17.2 Å². The molecule has 68 valence electrons. The normalized spacial score (nSPS) is 14.0. The van der Waals surface area contributed by atoms with Gasteiger partial charge in [0.25, 0.3) is 10.0 Å². The van der Waals surface area contributed by atoms with Gasteiger partial charge in [-0.1, -0.05) is 0 Å². The molecule has 3 nitrogen and oxygen atoms in total. The molecule has 0 amide bonds. The van der Waals surface area contributed by atoms with E-state index in [1.165, 1.54) is 20.8 Å². The summed E-state index contributed by atoms with van der Waals surface area (Å²) in [6.07, 6.45) is 0. The molecule has 0 aliphatic carbocycles. The van der Waals surface area contributed by atoms with E-state index in [1.807, 2.05) is 4.72 Å². The predicted molar refractivity (Wildman–Crippen MR) is 37.8 cm³/mol. The molecular weight excluding hydrogens is 176 g/mol. The number of halogens is 2. The molecule has 0 saturated carbocycles. The number of hydrogen-bond acceptors (Lipinski definition) is 2. The summed E-state index contributed by atoms with van der Waals surface area (Å²) in [6.45, 7) is 4.48. The fraction of sp³-hybridized carbons (Fsp3) is 1.00. The maximum atomic E-state index is 11.7. The molecule has 0 aromatic heterocycles. The Morgan fingerprint density at radius 3 is 1.73 bits per heavy atom. The number of sulfonamides is 1. The molecule has 6 heteroatoms. The summed E-state index contributed by atoms with van der Waals surface area (Å²) < 4.78 is 46.2. The van der Waals surface area contributed by atoms with Gasteiger partial charge in [-0.25, -0.2) is 13.1 Å². The smallest absolute Gasteiger partial charge is 0.206 e. The molecule has 0 fully saturated rings. The Bertz CT molecular complexity index is 217. The average Bonchev–Trinajstić information content (AvgIpc) is 1.56. The molecule has 0 radical (unpaired) electrons. The van der Waals surface area contributed by atoms with Crippen LogP contribution in [0.4, 0.5) is 8.78 Å². The van der Waals surface area contributed by atoms with E-state index >= 15 is 0 Å². The first kappa shape index (κ1) is 10.8. The molecule has 0 aromatic rings. The second-order valence-electron chi connectivity index (χ2n) is 3.16. The Labute approximate surface area is 64.8 Å². The van der Waals surface area contributed by atoms with Gasteiger partial charge in [0.1, 0.15) is 0 Å². The van der Waals surface area contributed by atoms with Crippen LogP contribution in [0.2, 0.25) is 0 Å². The number of hydrogen-bond donors (Lipinski definition) is 1. The number of nitrogens with one attached hydrogen (secondary N) is 1. The molecule has 0 spiro atoms. The van der Waals surface area contributed by atoms with Crippen molar-refractivity contribution in [2.75, 3.05) is 0 Å². The minimum atomic E-state index is -4.44. The van der Waals surface area contributed by atoms with Crippen molar-refractivity contribution in [3.8, 4) is 0 Å². The standard InChI is InChI=1S/C5H11F2NO2S/c1-5(2,3)8-11(9,10)4(6)7/h4,8H,1-3H3.